The van der Waals surface area contributed by atoms with Gasteiger partial charge in [-0.1, -0.05) is 24.6 Å². The molecule has 0 aliphatic carbocycles. The third kappa shape index (κ3) is 4.18. The van der Waals surface area contributed by atoms with Gasteiger partial charge in [-0.25, -0.2) is 0 Å². The van der Waals surface area contributed by atoms with Gasteiger partial charge in [-0.15, -0.1) is 11.3 Å². The molecule has 0 saturated carbocycles. The fraction of sp³-hybridized carbons (Fsp3) is 0.389. The molecular weight excluding hydrogens is 290 g/mol. The monoisotopic (exact) mass is 313 g/mol. The van der Waals surface area contributed by atoms with Gasteiger partial charge in [0.25, 0.3) is 0 Å². The average molecular weight is 313 g/mol. The molecule has 1 aromatic heterocycles. The fourth-order valence-corrected chi connectivity index (χ4v) is 3.48. The predicted octanol–water partition coefficient (Wildman–Crippen LogP) is 4.21. The second-order valence-corrected chi connectivity index (χ2v) is 6.77. The number of thiophene rings is 1. The first-order valence-electron chi connectivity index (χ1n) is 8.02. The van der Waals surface area contributed by atoms with E-state index in [1.54, 1.807) is 11.3 Å². The molecule has 3 nitrogen and oxygen atoms in total. The fourth-order valence-electron chi connectivity index (χ4n) is 2.85. The van der Waals surface area contributed by atoms with Crippen LogP contribution in [0.25, 0.3) is 0 Å². The zero-order chi connectivity index (χ0) is 15.2. The standard InChI is InChI=1S/C18H23N3S/c19-18(17-5-4-14-22-17)20-16-8-6-15(7-9-16)10-13-21-11-2-1-3-12-21/h4-9,14H,1-3,10-13H2,(H2,19,20). The van der Waals surface area contributed by atoms with Crippen molar-refractivity contribution in [1.82, 2.24) is 4.90 Å². The molecule has 3 rings (SSSR count). The van der Waals surface area contributed by atoms with E-state index < -0.39 is 0 Å². The second-order valence-electron chi connectivity index (χ2n) is 5.83. The van der Waals surface area contributed by atoms with Crippen molar-refractivity contribution in [3.63, 3.8) is 0 Å². The average Bonchev–Trinajstić information content (AvgIpc) is 3.10. The molecule has 0 bridgehead atoms. The van der Waals surface area contributed by atoms with E-state index in [1.165, 1.54) is 37.9 Å². The Labute approximate surface area is 136 Å². The van der Waals surface area contributed by atoms with E-state index in [-0.39, 0.29) is 0 Å². The predicted molar refractivity (Wildman–Crippen MR) is 95.2 cm³/mol. The van der Waals surface area contributed by atoms with Crippen LogP contribution in [-0.4, -0.2) is 30.4 Å². The summed E-state index contributed by atoms with van der Waals surface area (Å²) in [5.41, 5.74) is 2.36. The first-order chi connectivity index (χ1) is 10.8. The lowest BCUT2D eigenvalue weighted by atomic mass is 10.1. The number of hydrogen-bond donors (Lipinski definition) is 2. The third-order valence-electron chi connectivity index (χ3n) is 4.16. The molecule has 0 radical (unpaired) electrons. The molecule has 0 unspecified atom stereocenters. The lowest BCUT2D eigenvalue weighted by Gasteiger charge is -2.26. The van der Waals surface area contributed by atoms with Crippen molar-refractivity contribution in [2.45, 2.75) is 25.7 Å². The number of anilines is 1. The Morgan fingerprint density at radius 2 is 1.86 bits per heavy atom. The zero-order valence-corrected chi connectivity index (χ0v) is 13.7. The van der Waals surface area contributed by atoms with Crippen LogP contribution in [0.4, 0.5) is 5.69 Å². The van der Waals surface area contributed by atoms with Crippen molar-refractivity contribution >= 4 is 22.9 Å². The Hall–Kier alpha value is -1.65. The number of nitrogens with zero attached hydrogens (tertiary/aromatic N) is 1. The van der Waals surface area contributed by atoms with E-state index >= 15 is 0 Å². The maximum atomic E-state index is 8.04. The van der Waals surface area contributed by atoms with Gasteiger partial charge in [0.2, 0.25) is 0 Å². The van der Waals surface area contributed by atoms with E-state index in [2.05, 4.69) is 34.5 Å². The topological polar surface area (TPSA) is 39.1 Å². The number of amidine groups is 1. The minimum Gasteiger partial charge on any atom is -0.340 e. The van der Waals surface area contributed by atoms with Crippen LogP contribution in [0.5, 0.6) is 0 Å². The highest BCUT2D eigenvalue weighted by Crippen LogP contribution is 2.15. The van der Waals surface area contributed by atoms with Gasteiger partial charge < -0.3 is 10.2 Å². The number of nitrogens with one attached hydrogen (secondary N) is 2. The van der Waals surface area contributed by atoms with E-state index in [9.17, 15) is 0 Å². The van der Waals surface area contributed by atoms with Gasteiger partial charge >= 0.3 is 0 Å². The minimum absolute atomic E-state index is 0.469. The van der Waals surface area contributed by atoms with Crippen molar-refractivity contribution in [2.75, 3.05) is 25.0 Å². The van der Waals surface area contributed by atoms with Crippen molar-refractivity contribution < 1.29 is 0 Å². The molecule has 2 aromatic rings. The Kier molecular flexibility index (Phi) is 5.24. The molecule has 1 fully saturated rings. The van der Waals surface area contributed by atoms with Crippen molar-refractivity contribution in [3.8, 4) is 0 Å². The Morgan fingerprint density at radius 3 is 2.55 bits per heavy atom. The molecule has 2 heterocycles. The molecule has 4 heteroatoms. The normalized spacial score (nSPS) is 15.6. The van der Waals surface area contributed by atoms with Crippen LogP contribution in [0.15, 0.2) is 41.8 Å². The molecule has 0 spiro atoms. The SMILES string of the molecule is N=C(Nc1ccc(CCN2CCCCC2)cc1)c1cccs1. The van der Waals surface area contributed by atoms with Crippen molar-refractivity contribution in [1.29, 1.82) is 5.41 Å². The maximum Gasteiger partial charge on any atom is 0.140 e. The highest BCUT2D eigenvalue weighted by molar-refractivity contribution is 7.12. The lowest BCUT2D eigenvalue weighted by molar-refractivity contribution is 0.231. The van der Waals surface area contributed by atoms with Crippen LogP contribution < -0.4 is 5.32 Å². The van der Waals surface area contributed by atoms with Gasteiger partial charge in [0.05, 0.1) is 4.88 Å². The smallest absolute Gasteiger partial charge is 0.140 e. The van der Waals surface area contributed by atoms with E-state index in [4.69, 9.17) is 5.41 Å². The molecule has 2 N–H and O–H groups in total. The minimum atomic E-state index is 0.469. The second kappa shape index (κ2) is 7.56. The largest absolute Gasteiger partial charge is 0.340 e. The molecule has 22 heavy (non-hydrogen) atoms. The van der Waals surface area contributed by atoms with Gasteiger partial charge in [0.15, 0.2) is 0 Å². The van der Waals surface area contributed by atoms with Crippen LogP contribution in [0.1, 0.15) is 29.7 Å². The summed E-state index contributed by atoms with van der Waals surface area (Å²) in [5, 5.41) is 13.2. The molecule has 1 aliphatic heterocycles. The highest BCUT2D eigenvalue weighted by Gasteiger charge is 2.09. The molecular formula is C18H23N3S. The van der Waals surface area contributed by atoms with Crippen LogP contribution >= 0.6 is 11.3 Å². The maximum absolute atomic E-state index is 8.04. The van der Waals surface area contributed by atoms with E-state index in [1.807, 2.05) is 17.5 Å². The quantitative estimate of drug-likeness (QED) is 0.641. The number of hydrogen-bond acceptors (Lipinski definition) is 3. The Morgan fingerprint density at radius 1 is 1.09 bits per heavy atom. The lowest BCUT2D eigenvalue weighted by Crippen LogP contribution is -2.31. The van der Waals surface area contributed by atoms with E-state index in [0.717, 1.165) is 23.5 Å². The summed E-state index contributed by atoms with van der Waals surface area (Å²) < 4.78 is 0. The Bertz CT molecular complexity index is 583. The molecule has 1 aliphatic rings. The zero-order valence-electron chi connectivity index (χ0n) is 12.8. The summed E-state index contributed by atoms with van der Waals surface area (Å²) in [6.07, 6.45) is 5.22. The van der Waals surface area contributed by atoms with Gasteiger partial charge in [-0.05, 0) is 61.5 Å². The number of likely N-dealkylation sites (tertiary alicyclic amines) is 1. The summed E-state index contributed by atoms with van der Waals surface area (Å²) in [6, 6.07) is 12.4. The number of benzene rings is 1. The summed E-state index contributed by atoms with van der Waals surface area (Å²) >= 11 is 1.58. The van der Waals surface area contributed by atoms with Crippen LogP contribution in [0.3, 0.4) is 0 Å². The third-order valence-corrected chi connectivity index (χ3v) is 5.04. The van der Waals surface area contributed by atoms with E-state index in [0.29, 0.717) is 5.84 Å². The molecule has 0 atom stereocenters. The summed E-state index contributed by atoms with van der Waals surface area (Å²) in [4.78, 5) is 3.54. The van der Waals surface area contributed by atoms with Gasteiger partial charge in [-0.3, -0.25) is 5.41 Å². The van der Waals surface area contributed by atoms with Crippen LogP contribution in [0, 0.1) is 5.41 Å². The van der Waals surface area contributed by atoms with Gasteiger partial charge in [-0.2, -0.15) is 0 Å². The number of piperidine rings is 1. The first kappa shape index (κ1) is 15.3. The van der Waals surface area contributed by atoms with Crippen LogP contribution in [-0.2, 0) is 6.42 Å². The molecule has 116 valence electrons. The summed E-state index contributed by atoms with van der Waals surface area (Å²) in [6.45, 7) is 3.69. The summed E-state index contributed by atoms with van der Waals surface area (Å²) in [7, 11) is 0. The molecule has 1 aromatic carbocycles. The highest BCUT2D eigenvalue weighted by atomic mass is 32.1. The summed E-state index contributed by atoms with van der Waals surface area (Å²) in [5.74, 6) is 0.469. The van der Waals surface area contributed by atoms with Crippen molar-refractivity contribution in [3.05, 3.63) is 52.2 Å². The number of rotatable bonds is 5. The Balaban J connectivity index is 1.50. The van der Waals surface area contributed by atoms with Crippen LogP contribution in [0.2, 0.25) is 0 Å². The van der Waals surface area contributed by atoms with Crippen molar-refractivity contribution in [2.24, 2.45) is 0 Å². The van der Waals surface area contributed by atoms with Gasteiger partial charge in [0, 0.05) is 12.2 Å². The first-order valence-corrected chi connectivity index (χ1v) is 8.90. The molecule has 1 saturated heterocycles. The molecule has 0 amide bonds. The van der Waals surface area contributed by atoms with Gasteiger partial charge in [0.1, 0.15) is 5.84 Å².